The van der Waals surface area contributed by atoms with Crippen LogP contribution in [0.25, 0.3) is 11.0 Å². The van der Waals surface area contributed by atoms with Gasteiger partial charge in [0.15, 0.2) is 5.58 Å². The number of nitrogens with one attached hydrogen (secondary N) is 1. The third kappa shape index (κ3) is 3.25. The average molecular weight is 323 g/mol. The zero-order valence-electron chi connectivity index (χ0n) is 14.4. The summed E-state index contributed by atoms with van der Waals surface area (Å²) in [6.45, 7) is 4.07. The molecule has 2 aromatic carbocycles. The van der Waals surface area contributed by atoms with Gasteiger partial charge in [-0.3, -0.25) is 4.79 Å². The molecule has 0 aliphatic rings. The number of nitrogens with zero attached hydrogens (tertiary/aromatic N) is 2. The summed E-state index contributed by atoms with van der Waals surface area (Å²) in [7, 11) is 3.96. The maximum absolute atomic E-state index is 12.3. The molecule has 1 N–H and O–H groups in total. The fourth-order valence-corrected chi connectivity index (χ4v) is 2.57. The number of aryl methyl sites for hydroxylation is 2. The number of carbonyl (C=O) groups is 1. The van der Waals surface area contributed by atoms with E-state index in [0.29, 0.717) is 5.69 Å². The number of hydrogen-bond acceptors (Lipinski definition) is 4. The number of fused-ring (bicyclic) bond motifs is 1. The van der Waals surface area contributed by atoms with E-state index in [2.05, 4.69) is 10.5 Å². The first kappa shape index (κ1) is 16.1. The van der Waals surface area contributed by atoms with Crippen LogP contribution in [0, 0.1) is 13.8 Å². The third-order valence-electron chi connectivity index (χ3n) is 4.16. The van der Waals surface area contributed by atoms with Gasteiger partial charge in [-0.05, 0) is 61.4 Å². The molecule has 0 aliphatic carbocycles. The van der Waals surface area contributed by atoms with Crippen LogP contribution < -0.4 is 10.2 Å². The fraction of sp³-hybridized carbons (Fsp3) is 0.263. The molecule has 3 aromatic rings. The van der Waals surface area contributed by atoms with Crippen LogP contribution in [0.1, 0.15) is 16.8 Å². The SMILES string of the molecule is Cc1cc2onc(CC(=O)Nc3ccc(N(C)C)cc3)c2cc1C. The van der Waals surface area contributed by atoms with Crippen molar-refractivity contribution in [2.24, 2.45) is 0 Å². The van der Waals surface area contributed by atoms with Crippen LogP contribution in [0.5, 0.6) is 0 Å². The van der Waals surface area contributed by atoms with E-state index < -0.39 is 0 Å². The van der Waals surface area contributed by atoms with Crippen molar-refractivity contribution in [1.82, 2.24) is 5.16 Å². The van der Waals surface area contributed by atoms with Crippen molar-refractivity contribution in [3.8, 4) is 0 Å². The van der Waals surface area contributed by atoms with E-state index in [1.807, 2.05) is 69.2 Å². The normalized spacial score (nSPS) is 10.8. The molecule has 24 heavy (non-hydrogen) atoms. The maximum Gasteiger partial charge on any atom is 0.230 e. The molecular formula is C19H21N3O2. The highest BCUT2D eigenvalue weighted by Crippen LogP contribution is 2.23. The summed E-state index contributed by atoms with van der Waals surface area (Å²) < 4.78 is 5.34. The number of amides is 1. The molecule has 3 rings (SSSR count). The van der Waals surface area contributed by atoms with E-state index in [0.717, 1.165) is 33.5 Å². The molecule has 0 spiro atoms. The molecule has 0 unspecified atom stereocenters. The van der Waals surface area contributed by atoms with Crippen LogP contribution in [0.2, 0.25) is 0 Å². The average Bonchev–Trinajstić information content (AvgIpc) is 2.90. The lowest BCUT2D eigenvalue weighted by Gasteiger charge is -2.12. The minimum atomic E-state index is -0.110. The van der Waals surface area contributed by atoms with Crippen molar-refractivity contribution in [3.63, 3.8) is 0 Å². The monoisotopic (exact) mass is 323 g/mol. The molecule has 124 valence electrons. The summed E-state index contributed by atoms with van der Waals surface area (Å²) >= 11 is 0. The fourth-order valence-electron chi connectivity index (χ4n) is 2.57. The van der Waals surface area contributed by atoms with E-state index in [1.165, 1.54) is 0 Å². The topological polar surface area (TPSA) is 58.4 Å². The zero-order valence-corrected chi connectivity index (χ0v) is 14.4. The lowest BCUT2D eigenvalue weighted by atomic mass is 10.1. The van der Waals surface area contributed by atoms with Gasteiger partial charge < -0.3 is 14.7 Å². The van der Waals surface area contributed by atoms with Crippen LogP contribution >= 0.6 is 0 Å². The first-order valence-electron chi connectivity index (χ1n) is 7.87. The Morgan fingerprint density at radius 2 is 1.79 bits per heavy atom. The maximum atomic E-state index is 12.3. The second kappa shape index (κ2) is 6.35. The Morgan fingerprint density at radius 1 is 1.12 bits per heavy atom. The largest absolute Gasteiger partial charge is 0.378 e. The van der Waals surface area contributed by atoms with E-state index >= 15 is 0 Å². The molecule has 1 heterocycles. The van der Waals surface area contributed by atoms with Gasteiger partial charge in [0.2, 0.25) is 5.91 Å². The molecule has 1 aromatic heterocycles. The van der Waals surface area contributed by atoms with Crippen molar-refractivity contribution in [2.75, 3.05) is 24.3 Å². The van der Waals surface area contributed by atoms with Crippen LogP contribution in [0.4, 0.5) is 11.4 Å². The van der Waals surface area contributed by atoms with Crippen molar-refractivity contribution in [1.29, 1.82) is 0 Å². The quantitative estimate of drug-likeness (QED) is 0.795. The first-order valence-corrected chi connectivity index (χ1v) is 7.87. The summed E-state index contributed by atoms with van der Waals surface area (Å²) in [5, 5.41) is 7.85. The predicted octanol–water partition coefficient (Wildman–Crippen LogP) is 3.69. The van der Waals surface area contributed by atoms with Crippen LogP contribution in [0.3, 0.4) is 0 Å². The molecule has 0 aliphatic heterocycles. The molecule has 0 bridgehead atoms. The molecule has 0 saturated carbocycles. The van der Waals surface area contributed by atoms with Gasteiger partial charge in [0, 0.05) is 30.9 Å². The zero-order chi connectivity index (χ0) is 17.3. The van der Waals surface area contributed by atoms with Crippen LogP contribution in [-0.2, 0) is 11.2 Å². The molecule has 0 fully saturated rings. The molecule has 0 saturated heterocycles. The summed E-state index contributed by atoms with van der Waals surface area (Å²) in [6, 6.07) is 11.7. The lowest BCUT2D eigenvalue weighted by Crippen LogP contribution is -2.15. The van der Waals surface area contributed by atoms with Gasteiger partial charge in [0.1, 0.15) is 5.69 Å². The minimum absolute atomic E-state index is 0.110. The Bertz CT molecular complexity index is 880. The molecule has 1 amide bonds. The van der Waals surface area contributed by atoms with Crippen molar-refractivity contribution in [3.05, 3.63) is 53.2 Å². The Hall–Kier alpha value is -2.82. The molecule has 0 atom stereocenters. The van der Waals surface area contributed by atoms with E-state index in [1.54, 1.807) is 0 Å². The highest BCUT2D eigenvalue weighted by Gasteiger charge is 2.14. The van der Waals surface area contributed by atoms with Gasteiger partial charge in [0.05, 0.1) is 6.42 Å². The van der Waals surface area contributed by atoms with Gasteiger partial charge in [-0.15, -0.1) is 0 Å². The van der Waals surface area contributed by atoms with Crippen molar-refractivity contribution >= 4 is 28.3 Å². The summed E-state index contributed by atoms with van der Waals surface area (Å²) in [5.74, 6) is -0.110. The van der Waals surface area contributed by atoms with E-state index in [9.17, 15) is 4.79 Å². The number of benzene rings is 2. The number of aromatic nitrogens is 1. The van der Waals surface area contributed by atoms with Gasteiger partial charge in [0.25, 0.3) is 0 Å². The highest BCUT2D eigenvalue weighted by atomic mass is 16.5. The molecule has 5 nitrogen and oxygen atoms in total. The Kier molecular flexibility index (Phi) is 4.25. The standard InChI is InChI=1S/C19H21N3O2/c1-12-9-16-17(21-24-18(16)10-13(12)2)11-19(23)20-14-5-7-15(8-6-14)22(3)4/h5-10H,11H2,1-4H3,(H,20,23). The Balaban J connectivity index is 1.74. The number of rotatable bonds is 4. The van der Waals surface area contributed by atoms with Gasteiger partial charge in [-0.2, -0.15) is 0 Å². The Morgan fingerprint density at radius 3 is 2.46 bits per heavy atom. The number of hydrogen-bond donors (Lipinski definition) is 1. The molecular weight excluding hydrogens is 302 g/mol. The van der Waals surface area contributed by atoms with Crippen molar-refractivity contribution < 1.29 is 9.32 Å². The van der Waals surface area contributed by atoms with Gasteiger partial charge in [-0.25, -0.2) is 0 Å². The lowest BCUT2D eigenvalue weighted by molar-refractivity contribution is -0.115. The summed E-state index contributed by atoms with van der Waals surface area (Å²) in [6.07, 6.45) is 0.185. The second-order valence-electron chi connectivity index (χ2n) is 6.23. The minimum Gasteiger partial charge on any atom is -0.378 e. The summed E-state index contributed by atoms with van der Waals surface area (Å²) in [4.78, 5) is 14.3. The smallest absolute Gasteiger partial charge is 0.230 e. The second-order valence-corrected chi connectivity index (χ2v) is 6.23. The third-order valence-corrected chi connectivity index (χ3v) is 4.16. The number of anilines is 2. The van der Waals surface area contributed by atoms with Crippen molar-refractivity contribution in [2.45, 2.75) is 20.3 Å². The predicted molar refractivity (Wildman–Crippen MR) is 96.6 cm³/mol. The summed E-state index contributed by atoms with van der Waals surface area (Å²) in [5.41, 5.74) is 5.54. The van der Waals surface area contributed by atoms with E-state index in [-0.39, 0.29) is 12.3 Å². The first-order chi connectivity index (χ1) is 11.4. The van der Waals surface area contributed by atoms with E-state index in [4.69, 9.17) is 4.52 Å². The number of carbonyl (C=O) groups excluding carboxylic acids is 1. The van der Waals surface area contributed by atoms with Gasteiger partial charge >= 0.3 is 0 Å². The van der Waals surface area contributed by atoms with Gasteiger partial charge in [-0.1, -0.05) is 5.16 Å². The van der Waals surface area contributed by atoms with Crippen LogP contribution in [-0.4, -0.2) is 25.2 Å². The van der Waals surface area contributed by atoms with Crippen LogP contribution in [0.15, 0.2) is 40.9 Å². The molecule has 0 radical (unpaired) electrons. The highest BCUT2D eigenvalue weighted by molar-refractivity contribution is 5.95. The molecule has 5 heteroatoms. The Labute approximate surface area is 141 Å².